The number of pyridine rings is 1. The first-order chi connectivity index (χ1) is 10.2. The molecule has 0 atom stereocenters. The van der Waals surface area contributed by atoms with Crippen LogP contribution < -0.4 is 5.73 Å². The third-order valence-electron chi connectivity index (χ3n) is 3.54. The highest BCUT2D eigenvalue weighted by Gasteiger charge is 2.12. The molecule has 0 saturated heterocycles. The number of benzene rings is 2. The molecule has 4 rings (SSSR count). The SMILES string of the molecule is Nc1nc2cc(F)ccc2n1-c1cccc2ccncc12. The number of aromatic nitrogens is 3. The van der Waals surface area contributed by atoms with Crippen molar-refractivity contribution in [2.75, 3.05) is 5.73 Å². The van der Waals surface area contributed by atoms with Crippen LogP contribution in [-0.4, -0.2) is 14.5 Å². The van der Waals surface area contributed by atoms with Crippen LogP contribution >= 0.6 is 0 Å². The second-order valence-electron chi connectivity index (χ2n) is 4.81. The van der Waals surface area contributed by atoms with Gasteiger partial charge in [-0.05, 0) is 29.7 Å². The molecule has 0 fully saturated rings. The van der Waals surface area contributed by atoms with Crippen LogP contribution in [0.3, 0.4) is 0 Å². The Hall–Kier alpha value is -2.95. The lowest BCUT2D eigenvalue weighted by atomic mass is 10.1. The summed E-state index contributed by atoms with van der Waals surface area (Å²) in [6.45, 7) is 0. The van der Waals surface area contributed by atoms with Gasteiger partial charge in [-0.2, -0.15) is 0 Å². The molecule has 0 unspecified atom stereocenters. The molecule has 4 aromatic rings. The molecule has 0 bridgehead atoms. The van der Waals surface area contributed by atoms with Gasteiger partial charge in [-0.15, -0.1) is 0 Å². The first-order valence-electron chi connectivity index (χ1n) is 6.50. The number of fused-ring (bicyclic) bond motifs is 2. The number of nitrogens with two attached hydrogens (primary N) is 1. The number of imidazole rings is 1. The molecule has 0 radical (unpaired) electrons. The molecule has 2 aromatic carbocycles. The van der Waals surface area contributed by atoms with E-state index in [1.165, 1.54) is 12.1 Å². The molecule has 0 aliphatic rings. The molecule has 5 heteroatoms. The Morgan fingerprint density at radius 2 is 2.00 bits per heavy atom. The van der Waals surface area contributed by atoms with E-state index >= 15 is 0 Å². The first kappa shape index (κ1) is 11.8. The lowest BCUT2D eigenvalue weighted by molar-refractivity contribution is 0.629. The van der Waals surface area contributed by atoms with Gasteiger partial charge < -0.3 is 5.73 Å². The summed E-state index contributed by atoms with van der Waals surface area (Å²) in [6.07, 6.45) is 3.54. The average Bonchev–Trinajstić information content (AvgIpc) is 2.81. The highest BCUT2D eigenvalue weighted by atomic mass is 19.1. The maximum absolute atomic E-state index is 13.3. The van der Waals surface area contributed by atoms with E-state index in [0.29, 0.717) is 11.5 Å². The highest BCUT2D eigenvalue weighted by molar-refractivity contribution is 5.92. The van der Waals surface area contributed by atoms with E-state index in [1.54, 1.807) is 18.5 Å². The van der Waals surface area contributed by atoms with E-state index in [4.69, 9.17) is 5.73 Å². The molecular formula is C16H11FN4. The third kappa shape index (κ3) is 1.74. The summed E-state index contributed by atoms with van der Waals surface area (Å²) < 4.78 is 15.2. The van der Waals surface area contributed by atoms with E-state index in [0.717, 1.165) is 22.0 Å². The van der Waals surface area contributed by atoms with Crippen molar-refractivity contribution in [3.8, 4) is 5.69 Å². The lowest BCUT2D eigenvalue weighted by Gasteiger charge is -2.09. The minimum Gasteiger partial charge on any atom is -0.369 e. The fourth-order valence-corrected chi connectivity index (χ4v) is 2.62. The molecule has 21 heavy (non-hydrogen) atoms. The van der Waals surface area contributed by atoms with E-state index < -0.39 is 0 Å². The predicted octanol–water partition coefficient (Wildman–Crippen LogP) is 3.30. The van der Waals surface area contributed by atoms with Crippen LogP contribution in [-0.2, 0) is 0 Å². The van der Waals surface area contributed by atoms with Gasteiger partial charge in [0.05, 0.1) is 16.7 Å². The summed E-state index contributed by atoms with van der Waals surface area (Å²) in [5.41, 5.74) is 8.22. The van der Waals surface area contributed by atoms with Crippen LogP contribution in [0.1, 0.15) is 0 Å². The van der Waals surface area contributed by atoms with Gasteiger partial charge in [-0.3, -0.25) is 9.55 Å². The van der Waals surface area contributed by atoms with Gasteiger partial charge in [0.15, 0.2) is 0 Å². The Kier molecular flexibility index (Phi) is 2.41. The summed E-state index contributed by atoms with van der Waals surface area (Å²) >= 11 is 0. The average molecular weight is 278 g/mol. The van der Waals surface area contributed by atoms with Gasteiger partial charge >= 0.3 is 0 Å². The number of anilines is 1. The smallest absolute Gasteiger partial charge is 0.205 e. The standard InChI is InChI=1S/C16H11FN4/c17-11-4-5-15-13(8-11)20-16(18)21(15)14-3-1-2-10-6-7-19-9-12(10)14/h1-9H,(H2,18,20). The molecule has 2 N–H and O–H groups in total. The molecule has 2 aromatic heterocycles. The van der Waals surface area contributed by atoms with Crippen molar-refractivity contribution in [2.45, 2.75) is 0 Å². The molecule has 0 aliphatic heterocycles. The van der Waals surface area contributed by atoms with Crippen LogP contribution in [0.5, 0.6) is 0 Å². The lowest BCUT2D eigenvalue weighted by Crippen LogP contribution is -2.01. The van der Waals surface area contributed by atoms with Crippen LogP contribution in [0.4, 0.5) is 10.3 Å². The van der Waals surface area contributed by atoms with Crippen molar-refractivity contribution >= 4 is 27.8 Å². The molecule has 0 saturated carbocycles. The minimum atomic E-state index is -0.327. The second-order valence-corrected chi connectivity index (χ2v) is 4.81. The molecule has 0 spiro atoms. The third-order valence-corrected chi connectivity index (χ3v) is 3.54. The van der Waals surface area contributed by atoms with Gasteiger partial charge in [0.1, 0.15) is 5.82 Å². The van der Waals surface area contributed by atoms with E-state index in [1.807, 2.05) is 28.8 Å². The van der Waals surface area contributed by atoms with Gasteiger partial charge in [0, 0.05) is 23.8 Å². The van der Waals surface area contributed by atoms with Gasteiger partial charge in [-0.25, -0.2) is 9.37 Å². The van der Waals surface area contributed by atoms with Crippen LogP contribution in [0.2, 0.25) is 0 Å². The predicted molar refractivity (Wildman–Crippen MR) is 80.7 cm³/mol. The first-order valence-corrected chi connectivity index (χ1v) is 6.50. The minimum absolute atomic E-state index is 0.326. The molecular weight excluding hydrogens is 267 g/mol. The van der Waals surface area contributed by atoms with Crippen molar-refractivity contribution in [3.63, 3.8) is 0 Å². The van der Waals surface area contributed by atoms with E-state index in [9.17, 15) is 4.39 Å². The zero-order valence-corrected chi connectivity index (χ0v) is 11.0. The van der Waals surface area contributed by atoms with Crippen molar-refractivity contribution in [1.82, 2.24) is 14.5 Å². The van der Waals surface area contributed by atoms with Crippen molar-refractivity contribution < 1.29 is 4.39 Å². The van der Waals surface area contributed by atoms with Crippen molar-refractivity contribution in [2.24, 2.45) is 0 Å². The summed E-state index contributed by atoms with van der Waals surface area (Å²) in [5, 5.41) is 2.03. The van der Waals surface area contributed by atoms with E-state index in [-0.39, 0.29) is 5.82 Å². The Morgan fingerprint density at radius 3 is 2.90 bits per heavy atom. The Bertz CT molecular complexity index is 969. The van der Waals surface area contributed by atoms with Crippen LogP contribution in [0.25, 0.3) is 27.5 Å². The number of nitrogens with zero attached hydrogens (tertiary/aromatic N) is 3. The van der Waals surface area contributed by atoms with Crippen molar-refractivity contribution in [1.29, 1.82) is 0 Å². The van der Waals surface area contributed by atoms with E-state index in [2.05, 4.69) is 9.97 Å². The molecule has 0 amide bonds. The highest BCUT2D eigenvalue weighted by Crippen LogP contribution is 2.28. The summed E-state index contributed by atoms with van der Waals surface area (Å²) in [6, 6.07) is 12.3. The zero-order valence-electron chi connectivity index (χ0n) is 11.0. The number of halogens is 1. The Morgan fingerprint density at radius 1 is 1.10 bits per heavy atom. The Labute approximate surface area is 119 Å². The number of nitrogen functional groups attached to an aromatic ring is 1. The monoisotopic (exact) mass is 278 g/mol. The molecule has 102 valence electrons. The fraction of sp³-hybridized carbons (Fsp3) is 0. The van der Waals surface area contributed by atoms with Gasteiger partial charge in [0.2, 0.25) is 5.95 Å². The largest absolute Gasteiger partial charge is 0.369 e. The normalized spacial score (nSPS) is 11.3. The van der Waals surface area contributed by atoms with Crippen LogP contribution in [0.15, 0.2) is 54.9 Å². The maximum Gasteiger partial charge on any atom is 0.205 e. The van der Waals surface area contributed by atoms with Crippen LogP contribution in [0, 0.1) is 5.82 Å². The topological polar surface area (TPSA) is 56.7 Å². The molecule has 2 heterocycles. The van der Waals surface area contributed by atoms with Crippen molar-refractivity contribution in [3.05, 3.63) is 60.7 Å². The maximum atomic E-state index is 13.3. The quantitative estimate of drug-likeness (QED) is 0.581. The second kappa shape index (κ2) is 4.28. The number of hydrogen-bond acceptors (Lipinski definition) is 3. The molecule has 0 aliphatic carbocycles. The number of rotatable bonds is 1. The summed E-state index contributed by atoms with van der Waals surface area (Å²) in [5.74, 6) is -0.00121. The fourth-order valence-electron chi connectivity index (χ4n) is 2.62. The zero-order chi connectivity index (χ0) is 14.4. The number of hydrogen-bond donors (Lipinski definition) is 1. The summed E-state index contributed by atoms with van der Waals surface area (Å²) in [7, 11) is 0. The Balaban J connectivity index is 2.11. The van der Waals surface area contributed by atoms with Gasteiger partial charge in [-0.1, -0.05) is 12.1 Å². The van der Waals surface area contributed by atoms with Gasteiger partial charge in [0.25, 0.3) is 0 Å². The summed E-state index contributed by atoms with van der Waals surface area (Å²) in [4.78, 5) is 8.41. The molecule has 4 nitrogen and oxygen atoms in total.